The third-order valence-electron chi connectivity index (χ3n) is 3.49. The van der Waals surface area contributed by atoms with Crippen molar-refractivity contribution in [2.45, 2.75) is 26.5 Å². The molecule has 1 aliphatic rings. The third-order valence-corrected chi connectivity index (χ3v) is 3.49. The molecule has 2 heterocycles. The van der Waals surface area contributed by atoms with Gasteiger partial charge in [0.2, 0.25) is 0 Å². The number of hydrogen-bond donors (Lipinski definition) is 0. The fourth-order valence-electron chi connectivity index (χ4n) is 2.31. The number of amides is 1. The summed E-state index contributed by atoms with van der Waals surface area (Å²) in [5.41, 5.74) is 0. The average Bonchev–Trinajstić information content (AvgIpc) is 2.87. The van der Waals surface area contributed by atoms with E-state index in [1.807, 2.05) is 4.90 Å². The van der Waals surface area contributed by atoms with E-state index in [0.717, 1.165) is 26.2 Å². The predicted molar refractivity (Wildman–Crippen MR) is 72.0 cm³/mol. The maximum Gasteiger partial charge on any atom is 0.289 e. The molecule has 1 aliphatic heterocycles. The van der Waals surface area contributed by atoms with Crippen molar-refractivity contribution < 1.29 is 13.9 Å². The van der Waals surface area contributed by atoms with Crippen LogP contribution in [-0.2, 0) is 11.3 Å². The first-order valence-corrected chi connectivity index (χ1v) is 6.72. The van der Waals surface area contributed by atoms with Crippen LogP contribution in [0.5, 0.6) is 0 Å². The summed E-state index contributed by atoms with van der Waals surface area (Å²) in [5, 5.41) is 0. The van der Waals surface area contributed by atoms with Crippen molar-refractivity contribution in [1.82, 2.24) is 9.80 Å². The molecular formula is C14H22N2O3. The van der Waals surface area contributed by atoms with Crippen molar-refractivity contribution in [2.75, 3.05) is 33.3 Å². The van der Waals surface area contributed by atoms with Crippen LogP contribution in [-0.4, -0.2) is 55.0 Å². The highest BCUT2D eigenvalue weighted by Gasteiger charge is 2.25. The summed E-state index contributed by atoms with van der Waals surface area (Å²) in [7, 11) is 1.61. The molecule has 0 radical (unpaired) electrons. The Morgan fingerprint density at radius 3 is 2.58 bits per heavy atom. The largest absolute Gasteiger partial charge is 0.453 e. The summed E-state index contributed by atoms with van der Waals surface area (Å²) in [5.74, 6) is 1.07. The number of ether oxygens (including phenoxy) is 1. The van der Waals surface area contributed by atoms with Gasteiger partial charge in [0, 0.05) is 39.3 Å². The lowest BCUT2D eigenvalue weighted by Crippen LogP contribution is -2.50. The van der Waals surface area contributed by atoms with Crippen LogP contribution < -0.4 is 0 Å². The zero-order chi connectivity index (χ0) is 13.8. The number of piperazine rings is 1. The van der Waals surface area contributed by atoms with Crippen LogP contribution in [0.4, 0.5) is 0 Å². The minimum atomic E-state index is -0.0224. The Hall–Kier alpha value is -1.33. The maximum atomic E-state index is 12.3. The molecule has 5 heteroatoms. The molecule has 1 saturated heterocycles. The Kier molecular flexibility index (Phi) is 4.61. The molecule has 1 aromatic rings. The Labute approximate surface area is 114 Å². The lowest BCUT2D eigenvalue weighted by Gasteiger charge is -2.36. The van der Waals surface area contributed by atoms with Gasteiger partial charge in [-0.2, -0.15) is 0 Å². The fourth-order valence-corrected chi connectivity index (χ4v) is 2.31. The number of carbonyl (C=O) groups excluding carboxylic acids is 1. The maximum absolute atomic E-state index is 12.3. The Morgan fingerprint density at radius 1 is 1.32 bits per heavy atom. The molecule has 5 nitrogen and oxygen atoms in total. The van der Waals surface area contributed by atoms with Crippen LogP contribution in [0.1, 0.15) is 30.2 Å². The van der Waals surface area contributed by atoms with E-state index in [2.05, 4.69) is 18.7 Å². The number of rotatable bonds is 4. The highest BCUT2D eigenvalue weighted by molar-refractivity contribution is 5.91. The molecule has 0 unspecified atom stereocenters. The number of nitrogens with zero attached hydrogens (tertiary/aromatic N) is 2. The van der Waals surface area contributed by atoms with Gasteiger partial charge in [-0.15, -0.1) is 0 Å². The molecule has 1 aromatic heterocycles. The van der Waals surface area contributed by atoms with Gasteiger partial charge >= 0.3 is 0 Å². The Balaban J connectivity index is 1.93. The number of hydrogen-bond acceptors (Lipinski definition) is 4. The van der Waals surface area contributed by atoms with Crippen molar-refractivity contribution in [3.05, 3.63) is 23.7 Å². The quantitative estimate of drug-likeness (QED) is 0.830. The van der Waals surface area contributed by atoms with Crippen LogP contribution in [0.15, 0.2) is 16.5 Å². The van der Waals surface area contributed by atoms with E-state index in [9.17, 15) is 4.79 Å². The van der Waals surface area contributed by atoms with Gasteiger partial charge in [-0.25, -0.2) is 0 Å². The van der Waals surface area contributed by atoms with Crippen LogP contribution in [0.2, 0.25) is 0 Å². The minimum Gasteiger partial charge on any atom is -0.453 e. The zero-order valence-corrected chi connectivity index (χ0v) is 11.9. The third kappa shape index (κ3) is 3.36. The number of furan rings is 1. The number of carbonyl (C=O) groups is 1. The molecule has 1 amide bonds. The highest BCUT2D eigenvalue weighted by Crippen LogP contribution is 2.14. The second-order valence-electron chi connectivity index (χ2n) is 5.12. The summed E-state index contributed by atoms with van der Waals surface area (Å²) in [6.07, 6.45) is 0. The van der Waals surface area contributed by atoms with Gasteiger partial charge in [-0.3, -0.25) is 9.69 Å². The summed E-state index contributed by atoms with van der Waals surface area (Å²) in [6, 6.07) is 4.06. The summed E-state index contributed by atoms with van der Waals surface area (Å²) in [6.45, 7) is 8.13. The van der Waals surface area contributed by atoms with Crippen molar-refractivity contribution in [3.8, 4) is 0 Å². The summed E-state index contributed by atoms with van der Waals surface area (Å²) in [4.78, 5) is 16.5. The van der Waals surface area contributed by atoms with Crippen LogP contribution in [0.3, 0.4) is 0 Å². The van der Waals surface area contributed by atoms with E-state index in [4.69, 9.17) is 9.15 Å². The molecule has 106 valence electrons. The van der Waals surface area contributed by atoms with Gasteiger partial charge in [0.1, 0.15) is 12.4 Å². The minimum absolute atomic E-state index is 0.0224. The standard InChI is InChI=1S/C14H22N2O3/c1-11(2)15-6-8-16(9-7-15)14(17)13-5-4-12(19-13)10-18-3/h4-5,11H,6-10H2,1-3H3. The van der Waals surface area contributed by atoms with Gasteiger partial charge in [0.05, 0.1) is 0 Å². The normalized spacial score (nSPS) is 17.2. The fraction of sp³-hybridized carbons (Fsp3) is 0.643. The molecule has 2 rings (SSSR count). The summed E-state index contributed by atoms with van der Waals surface area (Å²) < 4.78 is 10.5. The van der Waals surface area contributed by atoms with E-state index in [1.54, 1.807) is 19.2 Å². The van der Waals surface area contributed by atoms with Crippen molar-refractivity contribution in [3.63, 3.8) is 0 Å². The van der Waals surface area contributed by atoms with Crippen molar-refractivity contribution in [2.24, 2.45) is 0 Å². The lowest BCUT2D eigenvalue weighted by molar-refractivity contribution is 0.0560. The topological polar surface area (TPSA) is 45.9 Å². The van der Waals surface area contributed by atoms with Crippen molar-refractivity contribution in [1.29, 1.82) is 0 Å². The summed E-state index contributed by atoms with van der Waals surface area (Å²) >= 11 is 0. The smallest absolute Gasteiger partial charge is 0.289 e. The monoisotopic (exact) mass is 266 g/mol. The van der Waals surface area contributed by atoms with E-state index >= 15 is 0 Å². The van der Waals surface area contributed by atoms with Crippen molar-refractivity contribution >= 4 is 5.91 Å². The molecule has 1 fully saturated rings. The predicted octanol–water partition coefficient (Wildman–Crippen LogP) is 1.59. The first-order chi connectivity index (χ1) is 9.11. The lowest BCUT2D eigenvalue weighted by atomic mass is 10.2. The van der Waals surface area contributed by atoms with Gasteiger partial charge < -0.3 is 14.1 Å². The van der Waals surface area contributed by atoms with E-state index in [1.165, 1.54) is 0 Å². The molecule has 19 heavy (non-hydrogen) atoms. The second-order valence-corrected chi connectivity index (χ2v) is 5.12. The van der Waals surface area contributed by atoms with Gasteiger partial charge in [0.15, 0.2) is 5.76 Å². The molecule has 0 atom stereocenters. The van der Waals surface area contributed by atoms with E-state index in [-0.39, 0.29) is 5.91 Å². The van der Waals surface area contributed by atoms with Crippen LogP contribution >= 0.6 is 0 Å². The van der Waals surface area contributed by atoms with Gasteiger partial charge in [-0.1, -0.05) is 0 Å². The first-order valence-electron chi connectivity index (χ1n) is 6.72. The number of methoxy groups -OCH3 is 1. The van der Waals surface area contributed by atoms with Gasteiger partial charge in [0.25, 0.3) is 5.91 Å². The zero-order valence-electron chi connectivity index (χ0n) is 11.9. The SMILES string of the molecule is COCc1ccc(C(=O)N2CCN(C(C)C)CC2)o1. The molecule has 0 bridgehead atoms. The Bertz CT molecular complexity index is 420. The Morgan fingerprint density at radius 2 is 2.00 bits per heavy atom. The van der Waals surface area contributed by atoms with Crippen LogP contribution in [0.25, 0.3) is 0 Å². The van der Waals surface area contributed by atoms with E-state index in [0.29, 0.717) is 24.2 Å². The molecule has 0 saturated carbocycles. The molecule has 0 aromatic carbocycles. The highest BCUT2D eigenvalue weighted by atomic mass is 16.5. The molecule has 0 aliphatic carbocycles. The molecular weight excluding hydrogens is 244 g/mol. The van der Waals surface area contributed by atoms with Gasteiger partial charge in [-0.05, 0) is 26.0 Å². The average molecular weight is 266 g/mol. The molecule has 0 spiro atoms. The second kappa shape index (κ2) is 6.21. The van der Waals surface area contributed by atoms with Crippen LogP contribution in [0, 0.1) is 0 Å². The van der Waals surface area contributed by atoms with E-state index < -0.39 is 0 Å². The first kappa shape index (κ1) is 14.1. The molecule has 0 N–H and O–H groups in total.